The maximum atomic E-state index is 13.4. The van der Waals surface area contributed by atoms with Crippen molar-refractivity contribution in [3.8, 4) is 0 Å². The van der Waals surface area contributed by atoms with Crippen LogP contribution in [0.4, 0.5) is 5.69 Å². The summed E-state index contributed by atoms with van der Waals surface area (Å²) in [6, 6.07) is 18.0. The number of carbonyl (C=O) groups is 3. The number of hydrogen-bond acceptors (Lipinski definition) is 3. The van der Waals surface area contributed by atoms with Crippen LogP contribution in [-0.2, 0) is 16.0 Å². The summed E-state index contributed by atoms with van der Waals surface area (Å²) in [5.41, 5.74) is 2.83. The standard InChI is InChI=1S/C29H35N3O3/c33-27(11-4-9-22-7-2-1-3-8-22)30-20-17-26-24(21-30)10-5-19-32(26)29(35)23-13-15-25(16-14-23)31-18-6-12-28(31)34/h1-3,7-8,13-16,24,26H,4-6,9-12,17-21H2/t24-,26+/m1/s1. The van der Waals surface area contributed by atoms with E-state index in [0.717, 1.165) is 70.4 Å². The number of anilines is 1. The first kappa shape index (κ1) is 23.6. The highest BCUT2D eigenvalue weighted by atomic mass is 16.2. The maximum Gasteiger partial charge on any atom is 0.254 e. The van der Waals surface area contributed by atoms with Crippen LogP contribution in [0.5, 0.6) is 0 Å². The van der Waals surface area contributed by atoms with Crippen LogP contribution in [0.2, 0.25) is 0 Å². The number of piperidine rings is 2. The third-order valence-corrected chi connectivity index (χ3v) is 7.88. The Labute approximate surface area is 207 Å². The van der Waals surface area contributed by atoms with Crippen molar-refractivity contribution in [1.82, 2.24) is 9.80 Å². The molecule has 0 N–H and O–H groups in total. The highest BCUT2D eigenvalue weighted by Crippen LogP contribution is 2.32. The number of aryl methyl sites for hydroxylation is 1. The van der Waals surface area contributed by atoms with Gasteiger partial charge in [-0.05, 0) is 74.3 Å². The van der Waals surface area contributed by atoms with Crippen molar-refractivity contribution in [3.05, 3.63) is 65.7 Å². The Morgan fingerprint density at radius 1 is 0.886 bits per heavy atom. The van der Waals surface area contributed by atoms with Gasteiger partial charge in [-0.15, -0.1) is 0 Å². The number of hydrogen-bond donors (Lipinski definition) is 0. The number of likely N-dealkylation sites (tertiary alicyclic amines) is 2. The number of fused-ring (bicyclic) bond motifs is 1. The molecule has 0 aliphatic carbocycles. The zero-order valence-electron chi connectivity index (χ0n) is 20.4. The summed E-state index contributed by atoms with van der Waals surface area (Å²) in [4.78, 5) is 44.2. The number of carbonyl (C=O) groups excluding carboxylic acids is 3. The summed E-state index contributed by atoms with van der Waals surface area (Å²) >= 11 is 0. The fraction of sp³-hybridized carbons (Fsp3) is 0.483. The molecule has 0 radical (unpaired) electrons. The van der Waals surface area contributed by atoms with E-state index < -0.39 is 0 Å². The molecule has 3 aliphatic heterocycles. The predicted molar refractivity (Wildman–Crippen MR) is 136 cm³/mol. The lowest BCUT2D eigenvalue weighted by molar-refractivity contribution is -0.134. The molecule has 0 spiro atoms. The molecule has 3 aliphatic rings. The number of nitrogens with zero attached hydrogens (tertiary/aromatic N) is 3. The van der Waals surface area contributed by atoms with Gasteiger partial charge in [0.1, 0.15) is 0 Å². The zero-order valence-corrected chi connectivity index (χ0v) is 20.4. The average Bonchev–Trinajstić information content (AvgIpc) is 3.34. The van der Waals surface area contributed by atoms with E-state index in [1.807, 2.05) is 52.3 Å². The molecule has 0 aromatic heterocycles. The van der Waals surface area contributed by atoms with E-state index in [-0.39, 0.29) is 23.8 Å². The van der Waals surface area contributed by atoms with E-state index in [0.29, 0.717) is 24.3 Å². The van der Waals surface area contributed by atoms with Crippen LogP contribution in [0, 0.1) is 5.92 Å². The van der Waals surface area contributed by atoms with E-state index in [9.17, 15) is 14.4 Å². The quantitative estimate of drug-likeness (QED) is 0.629. The Balaban J connectivity index is 1.16. The minimum Gasteiger partial charge on any atom is -0.342 e. The average molecular weight is 474 g/mol. The molecule has 0 saturated carbocycles. The van der Waals surface area contributed by atoms with Crippen LogP contribution >= 0.6 is 0 Å². The molecule has 6 heteroatoms. The van der Waals surface area contributed by atoms with E-state index >= 15 is 0 Å². The second-order valence-corrected chi connectivity index (χ2v) is 10.1. The minimum atomic E-state index is 0.0710. The van der Waals surface area contributed by atoms with Gasteiger partial charge < -0.3 is 14.7 Å². The van der Waals surface area contributed by atoms with Crippen molar-refractivity contribution in [2.45, 2.75) is 57.4 Å². The molecule has 0 unspecified atom stereocenters. The van der Waals surface area contributed by atoms with Gasteiger partial charge in [0.15, 0.2) is 0 Å². The second kappa shape index (κ2) is 10.6. The molecule has 184 valence electrons. The Bertz CT molecular complexity index is 1050. The van der Waals surface area contributed by atoms with Crippen molar-refractivity contribution in [1.29, 1.82) is 0 Å². The van der Waals surface area contributed by atoms with Crippen LogP contribution in [0.25, 0.3) is 0 Å². The Morgan fingerprint density at radius 3 is 2.43 bits per heavy atom. The Kier molecular flexibility index (Phi) is 7.16. The molecular formula is C29H35N3O3. The van der Waals surface area contributed by atoms with Crippen molar-refractivity contribution < 1.29 is 14.4 Å². The van der Waals surface area contributed by atoms with Gasteiger partial charge in [0.25, 0.3) is 5.91 Å². The molecule has 5 rings (SSSR count). The molecule has 3 amide bonds. The van der Waals surface area contributed by atoms with Gasteiger partial charge >= 0.3 is 0 Å². The van der Waals surface area contributed by atoms with Crippen LogP contribution < -0.4 is 4.90 Å². The first-order valence-electron chi connectivity index (χ1n) is 13.1. The van der Waals surface area contributed by atoms with Gasteiger partial charge in [0, 0.05) is 56.3 Å². The lowest BCUT2D eigenvalue weighted by atomic mass is 9.83. The summed E-state index contributed by atoms with van der Waals surface area (Å²) in [5, 5.41) is 0. The van der Waals surface area contributed by atoms with E-state index in [1.54, 1.807) is 4.90 Å². The lowest BCUT2D eigenvalue weighted by Gasteiger charge is -2.47. The van der Waals surface area contributed by atoms with Gasteiger partial charge in [-0.25, -0.2) is 0 Å². The summed E-state index contributed by atoms with van der Waals surface area (Å²) in [7, 11) is 0. The number of benzene rings is 2. The van der Waals surface area contributed by atoms with Gasteiger partial charge in [-0.1, -0.05) is 30.3 Å². The Hall–Kier alpha value is -3.15. The third-order valence-electron chi connectivity index (χ3n) is 7.88. The summed E-state index contributed by atoms with van der Waals surface area (Å²) in [5.74, 6) is 0.821. The topological polar surface area (TPSA) is 60.9 Å². The predicted octanol–water partition coefficient (Wildman–Crippen LogP) is 4.29. The smallest absolute Gasteiger partial charge is 0.254 e. The third kappa shape index (κ3) is 5.26. The van der Waals surface area contributed by atoms with Gasteiger partial charge in [0.2, 0.25) is 11.8 Å². The number of rotatable bonds is 6. The molecule has 35 heavy (non-hydrogen) atoms. The Morgan fingerprint density at radius 2 is 1.69 bits per heavy atom. The molecule has 3 heterocycles. The molecule has 3 saturated heterocycles. The normalized spacial score (nSPS) is 22.3. The molecule has 0 bridgehead atoms. The lowest BCUT2D eigenvalue weighted by Crippen LogP contribution is -2.56. The van der Waals surface area contributed by atoms with Crippen LogP contribution in [-0.4, -0.2) is 59.7 Å². The van der Waals surface area contributed by atoms with E-state index in [2.05, 4.69) is 12.1 Å². The molecule has 3 fully saturated rings. The second-order valence-electron chi connectivity index (χ2n) is 10.1. The van der Waals surface area contributed by atoms with Crippen molar-refractivity contribution in [2.75, 3.05) is 31.1 Å². The van der Waals surface area contributed by atoms with Gasteiger partial charge in [-0.3, -0.25) is 14.4 Å². The molecule has 2 aromatic carbocycles. The maximum absolute atomic E-state index is 13.4. The fourth-order valence-electron chi connectivity index (χ4n) is 6.00. The monoisotopic (exact) mass is 473 g/mol. The SMILES string of the molecule is O=C(CCCc1ccccc1)N1CC[C@H]2[C@H](CCCN2C(=O)c2ccc(N3CCCC3=O)cc2)C1. The fourth-order valence-corrected chi connectivity index (χ4v) is 6.00. The molecular weight excluding hydrogens is 438 g/mol. The summed E-state index contributed by atoms with van der Waals surface area (Å²) in [6.07, 6.45) is 6.77. The number of amides is 3. The van der Waals surface area contributed by atoms with Crippen molar-refractivity contribution >= 4 is 23.4 Å². The van der Waals surface area contributed by atoms with Crippen molar-refractivity contribution in [3.63, 3.8) is 0 Å². The highest BCUT2D eigenvalue weighted by Gasteiger charge is 2.39. The van der Waals surface area contributed by atoms with Crippen molar-refractivity contribution in [2.24, 2.45) is 5.92 Å². The van der Waals surface area contributed by atoms with Crippen LogP contribution in [0.3, 0.4) is 0 Å². The first-order chi connectivity index (χ1) is 17.1. The molecule has 2 atom stereocenters. The van der Waals surface area contributed by atoms with Gasteiger partial charge in [0.05, 0.1) is 0 Å². The minimum absolute atomic E-state index is 0.0710. The van der Waals surface area contributed by atoms with Crippen LogP contribution in [0.15, 0.2) is 54.6 Å². The zero-order chi connectivity index (χ0) is 24.2. The van der Waals surface area contributed by atoms with Gasteiger partial charge in [-0.2, -0.15) is 0 Å². The summed E-state index contributed by atoms with van der Waals surface area (Å²) < 4.78 is 0. The molecule has 2 aromatic rings. The first-order valence-corrected chi connectivity index (χ1v) is 13.1. The van der Waals surface area contributed by atoms with E-state index in [1.165, 1.54) is 5.56 Å². The largest absolute Gasteiger partial charge is 0.342 e. The summed E-state index contributed by atoms with van der Waals surface area (Å²) in [6.45, 7) is 3.01. The van der Waals surface area contributed by atoms with E-state index in [4.69, 9.17) is 0 Å². The highest BCUT2D eigenvalue weighted by molar-refractivity contribution is 5.97. The van der Waals surface area contributed by atoms with Crippen LogP contribution in [0.1, 0.15) is 60.9 Å². The molecule has 6 nitrogen and oxygen atoms in total.